The van der Waals surface area contributed by atoms with E-state index in [-0.39, 0.29) is 17.3 Å². The van der Waals surface area contributed by atoms with Crippen molar-refractivity contribution in [3.05, 3.63) is 64.6 Å². The van der Waals surface area contributed by atoms with Crippen LogP contribution in [0.5, 0.6) is 11.6 Å². The summed E-state index contributed by atoms with van der Waals surface area (Å²) < 4.78 is 5.64. The number of carbonyl (C=O) groups is 1. The number of hydrogen-bond acceptors (Lipinski definition) is 6. The lowest BCUT2D eigenvalue weighted by molar-refractivity contribution is -0.385. The van der Waals surface area contributed by atoms with Gasteiger partial charge in [-0.2, -0.15) is 0 Å². The summed E-state index contributed by atoms with van der Waals surface area (Å²) in [4.78, 5) is 32.2. The van der Waals surface area contributed by atoms with Gasteiger partial charge in [0, 0.05) is 28.4 Å². The van der Waals surface area contributed by atoms with Crippen molar-refractivity contribution in [3.63, 3.8) is 0 Å². The number of hydrogen-bond donors (Lipinski definition) is 2. The van der Waals surface area contributed by atoms with E-state index in [4.69, 9.17) is 9.84 Å². The molecule has 3 heterocycles. The third kappa shape index (κ3) is 2.67. The van der Waals surface area contributed by atoms with Crippen LogP contribution in [0, 0.1) is 10.1 Å². The Bertz CT molecular complexity index is 1170. The number of ether oxygens (including phenoxy) is 1. The minimum Gasteiger partial charge on any atom is -0.477 e. The van der Waals surface area contributed by atoms with E-state index < -0.39 is 10.9 Å². The molecule has 9 heteroatoms. The van der Waals surface area contributed by atoms with E-state index in [9.17, 15) is 14.9 Å². The number of rotatable bonds is 4. The van der Waals surface area contributed by atoms with Crippen LogP contribution >= 0.6 is 0 Å². The number of carboxylic acid groups (broad SMARTS) is 1. The molecule has 0 aliphatic heterocycles. The highest BCUT2D eigenvalue weighted by atomic mass is 16.6. The molecule has 3 aromatic heterocycles. The first kappa shape index (κ1) is 15.5. The van der Waals surface area contributed by atoms with Gasteiger partial charge < -0.3 is 14.8 Å². The Morgan fingerprint density at radius 2 is 1.88 bits per heavy atom. The number of carboxylic acids is 1. The van der Waals surface area contributed by atoms with Gasteiger partial charge in [0.2, 0.25) is 5.88 Å². The zero-order valence-corrected chi connectivity index (χ0v) is 13.0. The lowest BCUT2D eigenvalue weighted by Gasteiger charge is -2.04. The molecule has 0 atom stereocenters. The molecule has 0 amide bonds. The molecule has 0 radical (unpaired) electrons. The van der Waals surface area contributed by atoms with Gasteiger partial charge in [-0.05, 0) is 24.3 Å². The largest absolute Gasteiger partial charge is 0.477 e. The maximum atomic E-state index is 11.1. The van der Waals surface area contributed by atoms with Crippen molar-refractivity contribution in [1.29, 1.82) is 0 Å². The van der Waals surface area contributed by atoms with Crippen molar-refractivity contribution in [2.45, 2.75) is 0 Å². The third-order valence-electron chi connectivity index (χ3n) is 3.83. The smallest absolute Gasteiger partial charge is 0.354 e. The highest BCUT2D eigenvalue weighted by Crippen LogP contribution is 2.30. The Hall–Kier alpha value is -4.01. The van der Waals surface area contributed by atoms with E-state index in [1.165, 1.54) is 24.4 Å². The number of aromatic amines is 1. The van der Waals surface area contributed by atoms with Crippen LogP contribution in [0.2, 0.25) is 0 Å². The highest BCUT2D eigenvalue weighted by Gasteiger charge is 2.12. The van der Waals surface area contributed by atoms with Gasteiger partial charge >= 0.3 is 5.97 Å². The number of pyridine rings is 2. The lowest BCUT2D eigenvalue weighted by atomic mass is 10.1. The second-order valence-corrected chi connectivity index (χ2v) is 5.47. The summed E-state index contributed by atoms with van der Waals surface area (Å²) in [5.74, 6) is -0.431. The van der Waals surface area contributed by atoms with E-state index >= 15 is 0 Å². The van der Waals surface area contributed by atoms with E-state index in [2.05, 4.69) is 15.0 Å². The van der Waals surface area contributed by atoms with Gasteiger partial charge in [0.1, 0.15) is 17.6 Å². The fourth-order valence-corrected chi connectivity index (χ4v) is 2.62. The number of nitro groups is 1. The minimum atomic E-state index is -1.11. The molecule has 9 nitrogen and oxygen atoms in total. The van der Waals surface area contributed by atoms with Crippen LogP contribution in [0.3, 0.4) is 0 Å². The summed E-state index contributed by atoms with van der Waals surface area (Å²) >= 11 is 0. The molecule has 4 rings (SSSR count). The maximum absolute atomic E-state index is 11.1. The predicted octanol–water partition coefficient (Wildman–Crippen LogP) is 3.51. The highest BCUT2D eigenvalue weighted by molar-refractivity contribution is 6.09. The molecule has 0 saturated heterocycles. The van der Waals surface area contributed by atoms with Crippen molar-refractivity contribution >= 4 is 33.5 Å². The zero-order valence-electron chi connectivity index (χ0n) is 13.0. The summed E-state index contributed by atoms with van der Waals surface area (Å²) in [5, 5.41) is 21.2. The lowest BCUT2D eigenvalue weighted by Crippen LogP contribution is -1.98. The molecule has 0 unspecified atom stereocenters. The first-order valence-electron chi connectivity index (χ1n) is 7.44. The Labute approximate surface area is 145 Å². The number of fused-ring (bicyclic) bond motifs is 3. The molecule has 0 fully saturated rings. The van der Waals surface area contributed by atoms with Crippen LogP contribution in [0.4, 0.5) is 5.69 Å². The fraction of sp³-hybridized carbons (Fsp3) is 0. The van der Waals surface area contributed by atoms with Crippen LogP contribution in [0.15, 0.2) is 48.8 Å². The molecule has 2 N–H and O–H groups in total. The molecule has 0 aliphatic carbocycles. The van der Waals surface area contributed by atoms with Crippen LogP contribution in [0.1, 0.15) is 10.5 Å². The van der Waals surface area contributed by atoms with Gasteiger partial charge in [-0.3, -0.25) is 10.1 Å². The fourth-order valence-electron chi connectivity index (χ4n) is 2.62. The third-order valence-corrected chi connectivity index (χ3v) is 3.83. The summed E-state index contributed by atoms with van der Waals surface area (Å²) in [5.41, 5.74) is 1.32. The normalized spacial score (nSPS) is 10.9. The monoisotopic (exact) mass is 350 g/mol. The van der Waals surface area contributed by atoms with Gasteiger partial charge in [-0.15, -0.1) is 0 Å². The van der Waals surface area contributed by atoms with Crippen molar-refractivity contribution in [1.82, 2.24) is 15.0 Å². The molecular weight excluding hydrogens is 340 g/mol. The van der Waals surface area contributed by atoms with Gasteiger partial charge in [0.15, 0.2) is 0 Å². The average Bonchev–Trinajstić information content (AvgIpc) is 2.99. The number of H-pyrrole nitrogens is 1. The SMILES string of the molecule is O=C(O)c1cc2c(cn1)[nH]c1ccc(Oc3ccc([N+](=O)[O-])cn3)cc12. The molecule has 4 aromatic rings. The Morgan fingerprint density at radius 3 is 2.58 bits per heavy atom. The average molecular weight is 350 g/mol. The molecule has 0 saturated carbocycles. The van der Waals surface area contributed by atoms with Gasteiger partial charge in [0.25, 0.3) is 5.69 Å². The number of aromatic nitrogens is 3. The predicted molar refractivity (Wildman–Crippen MR) is 91.5 cm³/mol. The standard InChI is InChI=1S/C17H10N4O5/c22-17(23)14-6-12-11-5-10(2-3-13(11)20-15(12)8-18-14)26-16-4-1-9(7-19-16)21(24)25/h1-8,20H,(H,22,23). The number of nitrogens with one attached hydrogen (secondary N) is 1. The quantitative estimate of drug-likeness (QED) is 0.425. The van der Waals surface area contributed by atoms with Gasteiger partial charge in [-0.1, -0.05) is 0 Å². The van der Waals surface area contributed by atoms with Crippen LogP contribution in [0.25, 0.3) is 21.8 Å². The summed E-state index contributed by atoms with van der Waals surface area (Å²) in [6, 6.07) is 9.44. The number of aromatic carboxylic acids is 1. The van der Waals surface area contributed by atoms with E-state index in [1.54, 1.807) is 18.2 Å². The summed E-state index contributed by atoms with van der Waals surface area (Å²) in [7, 11) is 0. The Balaban J connectivity index is 1.74. The second-order valence-electron chi connectivity index (χ2n) is 5.47. The Morgan fingerprint density at radius 1 is 1.08 bits per heavy atom. The second kappa shape index (κ2) is 5.81. The number of benzene rings is 1. The summed E-state index contributed by atoms with van der Waals surface area (Å²) in [6.45, 7) is 0. The van der Waals surface area contributed by atoms with E-state index in [1.807, 2.05) is 0 Å². The number of nitrogens with zero attached hydrogens (tertiary/aromatic N) is 3. The molecule has 1 aromatic carbocycles. The topological polar surface area (TPSA) is 131 Å². The summed E-state index contributed by atoms with van der Waals surface area (Å²) in [6.07, 6.45) is 2.58. The molecule has 0 aliphatic rings. The molecule has 128 valence electrons. The first-order valence-corrected chi connectivity index (χ1v) is 7.44. The van der Waals surface area contributed by atoms with Crippen LogP contribution in [-0.4, -0.2) is 31.0 Å². The van der Waals surface area contributed by atoms with Crippen molar-refractivity contribution in [2.24, 2.45) is 0 Å². The van der Waals surface area contributed by atoms with E-state index in [0.29, 0.717) is 16.7 Å². The van der Waals surface area contributed by atoms with Crippen molar-refractivity contribution in [2.75, 3.05) is 0 Å². The molecule has 0 spiro atoms. The van der Waals surface area contributed by atoms with E-state index in [0.717, 1.165) is 17.1 Å². The molecular formula is C17H10N4O5. The van der Waals surface area contributed by atoms with Crippen molar-refractivity contribution in [3.8, 4) is 11.6 Å². The minimum absolute atomic E-state index is 0.0539. The van der Waals surface area contributed by atoms with Gasteiger partial charge in [0.05, 0.1) is 16.6 Å². The molecule has 26 heavy (non-hydrogen) atoms. The maximum Gasteiger partial charge on any atom is 0.354 e. The first-order chi connectivity index (χ1) is 12.5. The van der Waals surface area contributed by atoms with Crippen molar-refractivity contribution < 1.29 is 19.6 Å². The molecule has 0 bridgehead atoms. The zero-order chi connectivity index (χ0) is 18.3. The van der Waals surface area contributed by atoms with Gasteiger partial charge in [-0.25, -0.2) is 14.8 Å². The Kier molecular flexibility index (Phi) is 3.47. The van der Waals surface area contributed by atoms with Crippen LogP contribution in [-0.2, 0) is 0 Å². The van der Waals surface area contributed by atoms with Crippen LogP contribution < -0.4 is 4.74 Å².